The first-order valence-electron chi connectivity index (χ1n) is 2.07. The lowest BCUT2D eigenvalue weighted by molar-refractivity contribution is 0.171. The first-order chi connectivity index (χ1) is 3.29. The van der Waals surface area contributed by atoms with Crippen molar-refractivity contribution in [1.82, 2.24) is 5.32 Å². The van der Waals surface area contributed by atoms with Gasteiger partial charge in [-0.05, 0) is 29.5 Å². The number of ether oxygens (including phenoxy) is 1. The second-order valence-electron chi connectivity index (χ2n) is 1.39. The van der Waals surface area contributed by atoms with Gasteiger partial charge in [0.15, 0.2) is 6.23 Å². The molecule has 1 unspecified atom stereocenters. The molecule has 1 rings (SSSR count). The van der Waals surface area contributed by atoms with E-state index in [9.17, 15) is 0 Å². The quantitative estimate of drug-likeness (QED) is 0.480. The Bertz CT molecular complexity index is 102. The Hall–Kier alpha value is 0.0700. The lowest BCUT2D eigenvalue weighted by atomic mass is 10.7. The van der Waals surface area contributed by atoms with Crippen molar-refractivity contribution in [3.05, 3.63) is 9.97 Å². The van der Waals surface area contributed by atoms with Crippen LogP contribution in [0, 0.1) is 0 Å². The van der Waals surface area contributed by atoms with Crippen molar-refractivity contribution in [3.63, 3.8) is 0 Å². The van der Waals surface area contributed by atoms with Gasteiger partial charge in [-0.15, -0.1) is 0 Å². The first kappa shape index (κ1) is 5.21. The summed E-state index contributed by atoms with van der Waals surface area (Å²) in [5.41, 5.74) is 0. The summed E-state index contributed by atoms with van der Waals surface area (Å²) in [6, 6.07) is 0. The molecule has 0 aliphatic carbocycles. The van der Waals surface area contributed by atoms with Crippen LogP contribution in [-0.2, 0) is 4.74 Å². The Kier molecular flexibility index (Phi) is 1.41. The van der Waals surface area contributed by atoms with Gasteiger partial charge in [0.05, 0.1) is 0 Å². The number of nitrogens with one attached hydrogen (secondary N) is 1. The van der Waals surface area contributed by atoms with Gasteiger partial charge >= 0.3 is 0 Å². The Labute approximate surface area is 56.1 Å². The molecule has 0 bridgehead atoms. The van der Waals surface area contributed by atoms with Crippen molar-refractivity contribution in [2.45, 2.75) is 13.2 Å². The maximum absolute atomic E-state index is 4.98. The minimum Gasteiger partial charge on any atom is -0.476 e. The van der Waals surface area contributed by atoms with Gasteiger partial charge in [0.25, 0.3) is 0 Å². The number of halogens is 1. The number of rotatable bonds is 0. The summed E-state index contributed by atoms with van der Waals surface area (Å²) in [5.74, 6) is 0. The third-order valence-corrected chi connectivity index (χ3v) is 1.28. The van der Waals surface area contributed by atoms with E-state index in [1.54, 1.807) is 6.26 Å². The average Bonchev–Trinajstić information content (AvgIpc) is 1.87. The Morgan fingerprint density at radius 2 is 2.71 bits per heavy atom. The predicted octanol–water partition coefficient (Wildman–Crippen LogP) is 1.19. The van der Waals surface area contributed by atoms with Crippen LogP contribution in [0.25, 0.3) is 0 Å². The summed E-state index contributed by atoms with van der Waals surface area (Å²) >= 11 is 2.17. The second-order valence-corrected chi connectivity index (χ2v) is 2.55. The molecule has 0 amide bonds. The van der Waals surface area contributed by atoms with Crippen molar-refractivity contribution in [2.24, 2.45) is 0 Å². The molecule has 1 heterocycles. The summed E-state index contributed by atoms with van der Waals surface area (Å²) in [7, 11) is 0. The Balaban J connectivity index is 2.42. The van der Waals surface area contributed by atoms with Crippen molar-refractivity contribution >= 4 is 22.6 Å². The highest BCUT2D eigenvalue weighted by molar-refractivity contribution is 14.1. The molecule has 0 saturated carbocycles. The van der Waals surface area contributed by atoms with Gasteiger partial charge in [-0.3, -0.25) is 0 Å². The third-order valence-electron chi connectivity index (χ3n) is 0.717. The van der Waals surface area contributed by atoms with Gasteiger partial charge in [-0.25, -0.2) is 0 Å². The summed E-state index contributed by atoms with van der Waals surface area (Å²) in [4.78, 5) is 0. The van der Waals surface area contributed by atoms with Gasteiger partial charge in [0, 0.05) is 0 Å². The predicted molar refractivity (Wildman–Crippen MR) is 35.8 cm³/mol. The summed E-state index contributed by atoms with van der Waals surface area (Å²) in [6.45, 7) is 1.96. The zero-order valence-corrected chi connectivity index (χ0v) is 6.10. The highest BCUT2D eigenvalue weighted by Crippen LogP contribution is 2.09. The monoisotopic (exact) mass is 211 g/mol. The molecule has 1 aliphatic rings. The van der Waals surface area contributed by atoms with Gasteiger partial charge in [0.1, 0.15) is 9.97 Å². The fraction of sp³-hybridized carbons (Fsp3) is 0.500. The largest absolute Gasteiger partial charge is 0.476 e. The highest BCUT2D eigenvalue weighted by atomic mass is 127. The highest BCUT2D eigenvalue weighted by Gasteiger charge is 2.06. The molecule has 3 heteroatoms. The molecule has 40 valence electrons. The smallest absolute Gasteiger partial charge is 0.166 e. The lowest BCUT2D eigenvalue weighted by Crippen LogP contribution is -2.17. The van der Waals surface area contributed by atoms with Crippen molar-refractivity contribution in [2.75, 3.05) is 0 Å². The third kappa shape index (κ3) is 1.22. The van der Waals surface area contributed by atoms with E-state index in [2.05, 4.69) is 27.9 Å². The summed E-state index contributed by atoms with van der Waals surface area (Å²) in [6.07, 6.45) is 1.89. The molecule has 1 atom stereocenters. The summed E-state index contributed by atoms with van der Waals surface area (Å²) < 4.78 is 6.06. The molecule has 1 aliphatic heterocycles. The van der Waals surface area contributed by atoms with Crippen LogP contribution < -0.4 is 5.32 Å². The van der Waals surface area contributed by atoms with E-state index < -0.39 is 0 Å². The van der Waals surface area contributed by atoms with Gasteiger partial charge in [-0.1, -0.05) is 0 Å². The minimum atomic E-state index is 0.173. The van der Waals surface area contributed by atoms with Crippen LogP contribution in [0.3, 0.4) is 0 Å². The van der Waals surface area contributed by atoms with E-state index in [0.29, 0.717) is 0 Å². The van der Waals surface area contributed by atoms with Crippen molar-refractivity contribution in [3.8, 4) is 0 Å². The van der Waals surface area contributed by atoms with Crippen molar-refractivity contribution in [1.29, 1.82) is 0 Å². The van der Waals surface area contributed by atoms with Gasteiger partial charge in [0.2, 0.25) is 0 Å². The van der Waals surface area contributed by atoms with E-state index >= 15 is 0 Å². The van der Waals surface area contributed by atoms with Crippen LogP contribution in [-0.4, -0.2) is 6.23 Å². The molecule has 0 aromatic carbocycles. The maximum atomic E-state index is 4.98. The molecule has 0 aromatic heterocycles. The Morgan fingerprint density at radius 1 is 2.00 bits per heavy atom. The van der Waals surface area contributed by atoms with Crippen LogP contribution in [0.4, 0.5) is 0 Å². The molecule has 2 nitrogen and oxygen atoms in total. The fourth-order valence-electron chi connectivity index (χ4n) is 0.424. The van der Waals surface area contributed by atoms with E-state index in [4.69, 9.17) is 4.74 Å². The summed E-state index contributed by atoms with van der Waals surface area (Å²) in [5, 5.41) is 3.04. The van der Waals surface area contributed by atoms with E-state index in [1.165, 1.54) is 0 Å². The normalized spacial score (nSPS) is 28.3. The van der Waals surface area contributed by atoms with E-state index in [0.717, 1.165) is 3.70 Å². The second kappa shape index (κ2) is 1.90. The topological polar surface area (TPSA) is 21.3 Å². The van der Waals surface area contributed by atoms with E-state index in [1.807, 2.05) is 6.92 Å². The van der Waals surface area contributed by atoms with Crippen molar-refractivity contribution < 1.29 is 4.74 Å². The van der Waals surface area contributed by atoms with Gasteiger partial charge < -0.3 is 10.1 Å². The maximum Gasteiger partial charge on any atom is 0.166 e. The number of hydrogen-bond donors (Lipinski definition) is 1. The standard InChI is InChI=1S/C4H6INO/c1-3-6-4(5)2-7-3/h2-3,6H,1H3. The SMILES string of the molecule is CC1NC(I)=CO1. The number of hydrogen-bond acceptors (Lipinski definition) is 2. The lowest BCUT2D eigenvalue weighted by Gasteiger charge is -2.00. The molecular weight excluding hydrogens is 205 g/mol. The Morgan fingerprint density at radius 3 is 2.86 bits per heavy atom. The minimum absolute atomic E-state index is 0.173. The van der Waals surface area contributed by atoms with Crippen LogP contribution in [0.1, 0.15) is 6.92 Å². The molecular formula is C4H6INO. The van der Waals surface area contributed by atoms with Crippen LogP contribution in [0.15, 0.2) is 9.97 Å². The van der Waals surface area contributed by atoms with Gasteiger partial charge in [-0.2, -0.15) is 0 Å². The molecule has 0 fully saturated rings. The molecule has 0 spiro atoms. The van der Waals surface area contributed by atoms with Crippen LogP contribution >= 0.6 is 22.6 Å². The van der Waals surface area contributed by atoms with Crippen LogP contribution in [0.5, 0.6) is 0 Å². The molecule has 0 saturated heterocycles. The molecule has 1 N–H and O–H groups in total. The molecule has 0 aromatic rings. The fourth-order valence-corrected chi connectivity index (χ4v) is 1.01. The molecule has 7 heavy (non-hydrogen) atoms. The van der Waals surface area contributed by atoms with Crippen LogP contribution in [0.2, 0.25) is 0 Å². The average molecular weight is 211 g/mol. The first-order valence-corrected chi connectivity index (χ1v) is 3.14. The zero-order valence-electron chi connectivity index (χ0n) is 3.94. The van der Waals surface area contributed by atoms with E-state index in [-0.39, 0.29) is 6.23 Å². The molecule has 0 radical (unpaired) electrons. The zero-order chi connectivity index (χ0) is 5.28.